The number of piperazine rings is 1. The lowest BCUT2D eigenvalue weighted by molar-refractivity contribution is -0.138. The van der Waals surface area contributed by atoms with Gasteiger partial charge in [0.1, 0.15) is 5.56 Å². The number of aromatic nitrogens is 4. The summed E-state index contributed by atoms with van der Waals surface area (Å²) in [5.41, 5.74) is -1.55. The van der Waals surface area contributed by atoms with Gasteiger partial charge in [-0.3, -0.25) is 9.59 Å². The number of amides is 1. The second-order valence-corrected chi connectivity index (χ2v) is 9.73. The van der Waals surface area contributed by atoms with Gasteiger partial charge in [0.25, 0.3) is 5.56 Å². The summed E-state index contributed by atoms with van der Waals surface area (Å²) < 4.78 is 46.1. The Balaban J connectivity index is 1.07. The van der Waals surface area contributed by atoms with E-state index in [9.17, 15) is 22.8 Å². The number of carbonyl (C=O) groups is 1. The average molecular weight is 522 g/mol. The van der Waals surface area contributed by atoms with Crippen LogP contribution < -0.4 is 15.4 Å². The molecule has 1 atom stereocenters. The maximum absolute atomic E-state index is 13.5. The smallest absolute Gasteiger partial charge is 0.379 e. The van der Waals surface area contributed by atoms with Crippen molar-refractivity contribution in [1.29, 1.82) is 0 Å². The van der Waals surface area contributed by atoms with Gasteiger partial charge in [0.15, 0.2) is 0 Å². The second kappa shape index (κ2) is 10.6. The first-order chi connectivity index (χ1) is 17.8. The fourth-order valence-electron chi connectivity index (χ4n) is 5.02. The minimum absolute atomic E-state index is 0.0221. The zero-order valence-corrected chi connectivity index (χ0v) is 20.4. The molecule has 200 valence electrons. The highest BCUT2D eigenvalue weighted by Gasteiger charge is 2.40. The van der Waals surface area contributed by atoms with Crippen molar-refractivity contribution >= 4 is 17.5 Å². The summed E-state index contributed by atoms with van der Waals surface area (Å²) in [5, 5.41) is 5.43. The summed E-state index contributed by atoms with van der Waals surface area (Å²) in [6.45, 7) is 3.15. The molecule has 0 bridgehead atoms. The minimum Gasteiger partial charge on any atom is -0.379 e. The van der Waals surface area contributed by atoms with E-state index < -0.39 is 17.3 Å². The van der Waals surface area contributed by atoms with Crippen LogP contribution in [0.15, 0.2) is 23.4 Å². The average Bonchev–Trinajstić information content (AvgIpc) is 3.63. The fraction of sp³-hybridized carbons (Fsp3) is 0.625. The highest BCUT2D eigenvalue weighted by atomic mass is 19.4. The molecule has 1 aliphatic carbocycles. The van der Waals surface area contributed by atoms with E-state index in [1.165, 1.54) is 23.3 Å². The van der Waals surface area contributed by atoms with Crippen molar-refractivity contribution in [1.82, 2.24) is 25.1 Å². The number of nitrogens with one attached hydrogen (secondary N) is 1. The van der Waals surface area contributed by atoms with Crippen molar-refractivity contribution in [2.75, 3.05) is 55.7 Å². The lowest BCUT2D eigenvalue weighted by Gasteiger charge is -2.34. The summed E-state index contributed by atoms with van der Waals surface area (Å²) in [4.78, 5) is 38.9. The Bertz CT molecular complexity index is 1150. The van der Waals surface area contributed by atoms with Crippen molar-refractivity contribution < 1.29 is 22.7 Å². The van der Waals surface area contributed by atoms with Gasteiger partial charge in [-0.2, -0.15) is 18.3 Å². The van der Waals surface area contributed by atoms with Crippen molar-refractivity contribution in [3.63, 3.8) is 0 Å². The molecule has 2 saturated heterocycles. The number of alkyl halides is 3. The first kappa shape index (κ1) is 25.4. The van der Waals surface area contributed by atoms with Crippen LogP contribution in [0.1, 0.15) is 49.1 Å². The first-order valence-corrected chi connectivity index (χ1v) is 12.6. The van der Waals surface area contributed by atoms with Crippen molar-refractivity contribution in [3.8, 4) is 0 Å². The molecule has 1 amide bonds. The SMILES string of the molecule is O=C(CCOCC1CCCN1c1cn[nH]c(=O)c1C(F)(F)F)N1CCN(c2ncc(C3CC3)cn2)CC1. The lowest BCUT2D eigenvalue weighted by Crippen LogP contribution is -2.49. The Kier molecular flexibility index (Phi) is 7.31. The third-order valence-electron chi connectivity index (χ3n) is 7.20. The number of anilines is 2. The standard InChI is InChI=1S/C24H30F3N7O3/c25-24(26,27)21-19(14-30-31-22(21)36)34-6-1-2-18(34)15-37-11-5-20(35)32-7-9-33(10-8-32)23-28-12-17(13-29-23)16-3-4-16/h12-14,16,18H,1-11,15H2,(H,31,36). The van der Waals surface area contributed by atoms with E-state index in [0.29, 0.717) is 57.4 Å². The molecule has 1 saturated carbocycles. The molecular weight excluding hydrogens is 491 g/mol. The van der Waals surface area contributed by atoms with Crippen LogP contribution in [-0.4, -0.2) is 83.0 Å². The van der Waals surface area contributed by atoms with Crippen LogP contribution in [-0.2, 0) is 15.7 Å². The second-order valence-electron chi connectivity index (χ2n) is 9.73. The number of hydrogen-bond acceptors (Lipinski definition) is 8. The molecule has 37 heavy (non-hydrogen) atoms. The minimum atomic E-state index is -4.79. The van der Waals surface area contributed by atoms with E-state index in [1.807, 2.05) is 17.5 Å². The molecule has 2 aliphatic heterocycles. The molecule has 0 aromatic carbocycles. The van der Waals surface area contributed by atoms with Crippen LogP contribution in [0.2, 0.25) is 0 Å². The van der Waals surface area contributed by atoms with Gasteiger partial charge < -0.3 is 19.4 Å². The van der Waals surface area contributed by atoms with Crippen LogP contribution in [0.4, 0.5) is 24.8 Å². The molecule has 2 aromatic rings. The predicted molar refractivity (Wildman–Crippen MR) is 128 cm³/mol. The Morgan fingerprint density at radius 1 is 1.05 bits per heavy atom. The summed E-state index contributed by atoms with van der Waals surface area (Å²) in [6.07, 6.45) is 3.96. The quantitative estimate of drug-likeness (QED) is 0.527. The van der Waals surface area contributed by atoms with Crippen molar-refractivity contribution in [2.45, 2.75) is 50.2 Å². The van der Waals surface area contributed by atoms with E-state index >= 15 is 0 Å². The highest BCUT2D eigenvalue weighted by molar-refractivity contribution is 5.76. The van der Waals surface area contributed by atoms with E-state index in [1.54, 1.807) is 4.90 Å². The van der Waals surface area contributed by atoms with E-state index in [0.717, 1.165) is 6.20 Å². The molecular formula is C24H30F3N7O3. The summed E-state index contributed by atoms with van der Waals surface area (Å²) in [7, 11) is 0. The lowest BCUT2D eigenvalue weighted by atomic mass is 10.2. The number of hydrogen-bond donors (Lipinski definition) is 1. The van der Waals surface area contributed by atoms with Gasteiger partial charge in [0, 0.05) is 45.1 Å². The van der Waals surface area contributed by atoms with Crippen molar-refractivity contribution in [2.24, 2.45) is 0 Å². The summed E-state index contributed by atoms with van der Waals surface area (Å²) in [6, 6.07) is -0.324. The van der Waals surface area contributed by atoms with Crippen molar-refractivity contribution in [3.05, 3.63) is 40.1 Å². The monoisotopic (exact) mass is 521 g/mol. The third-order valence-corrected chi connectivity index (χ3v) is 7.20. The molecule has 1 N–H and O–H groups in total. The Morgan fingerprint density at radius 3 is 2.46 bits per heavy atom. The van der Waals surface area contributed by atoms with Crippen LogP contribution in [0, 0.1) is 0 Å². The number of H-pyrrole nitrogens is 1. The molecule has 2 aromatic heterocycles. The van der Waals surface area contributed by atoms with Crippen LogP contribution in [0.25, 0.3) is 0 Å². The Hall–Kier alpha value is -3.22. The maximum Gasteiger partial charge on any atom is 0.423 e. The number of rotatable bonds is 8. The van der Waals surface area contributed by atoms with E-state index in [4.69, 9.17) is 4.74 Å². The molecule has 0 radical (unpaired) electrons. The zero-order valence-electron chi connectivity index (χ0n) is 20.4. The Morgan fingerprint density at radius 2 is 1.78 bits per heavy atom. The Labute approximate surface area is 211 Å². The van der Waals surface area contributed by atoms with Gasteiger partial charge >= 0.3 is 6.18 Å². The summed E-state index contributed by atoms with van der Waals surface area (Å²) in [5.74, 6) is 1.27. The van der Waals surface area contributed by atoms with Crippen LogP contribution in [0.3, 0.4) is 0 Å². The van der Waals surface area contributed by atoms with Gasteiger partial charge in [0.2, 0.25) is 11.9 Å². The summed E-state index contributed by atoms with van der Waals surface area (Å²) >= 11 is 0. The number of halogens is 3. The molecule has 3 fully saturated rings. The van der Waals surface area contributed by atoms with Crippen LogP contribution in [0.5, 0.6) is 0 Å². The first-order valence-electron chi connectivity index (χ1n) is 12.6. The number of ether oxygens (including phenoxy) is 1. The molecule has 13 heteroatoms. The predicted octanol–water partition coefficient (Wildman–Crippen LogP) is 2.18. The molecule has 3 aliphatic rings. The van der Waals surface area contributed by atoms with Gasteiger partial charge in [-0.05, 0) is 37.2 Å². The zero-order chi connectivity index (χ0) is 26.0. The van der Waals surface area contributed by atoms with E-state index in [-0.39, 0.29) is 37.3 Å². The maximum atomic E-state index is 13.5. The fourth-order valence-corrected chi connectivity index (χ4v) is 5.02. The van der Waals surface area contributed by atoms with Gasteiger partial charge in [-0.1, -0.05) is 0 Å². The number of nitrogens with zero attached hydrogens (tertiary/aromatic N) is 6. The molecule has 10 nitrogen and oxygen atoms in total. The largest absolute Gasteiger partial charge is 0.423 e. The van der Waals surface area contributed by atoms with Gasteiger partial charge in [0.05, 0.1) is 37.6 Å². The number of carbonyl (C=O) groups excluding carboxylic acids is 1. The number of aromatic amines is 1. The van der Waals surface area contributed by atoms with Gasteiger partial charge in [-0.25, -0.2) is 15.1 Å². The molecule has 4 heterocycles. The topological polar surface area (TPSA) is 108 Å². The van der Waals surface area contributed by atoms with Crippen LogP contribution >= 0.6 is 0 Å². The third kappa shape index (κ3) is 5.86. The molecule has 1 unspecified atom stereocenters. The van der Waals surface area contributed by atoms with Gasteiger partial charge in [-0.15, -0.1) is 0 Å². The molecule has 0 spiro atoms. The normalized spacial score (nSPS) is 20.5. The van der Waals surface area contributed by atoms with E-state index in [2.05, 4.69) is 20.0 Å². The highest BCUT2D eigenvalue weighted by Crippen LogP contribution is 2.39. The molecule has 5 rings (SSSR count).